The van der Waals surface area contributed by atoms with E-state index in [-0.39, 0.29) is 29.8 Å². The number of carbonyl (C=O) groups excluding carboxylic acids is 2. The summed E-state index contributed by atoms with van der Waals surface area (Å²) in [6.07, 6.45) is 0.165. The lowest BCUT2D eigenvalue weighted by Crippen LogP contribution is -2.58. The van der Waals surface area contributed by atoms with Crippen LogP contribution in [0.5, 0.6) is 5.75 Å². The van der Waals surface area contributed by atoms with Crippen LogP contribution in [-0.2, 0) is 0 Å². The van der Waals surface area contributed by atoms with Gasteiger partial charge in [0.15, 0.2) is 0 Å². The molecule has 0 aliphatic carbocycles. The molecule has 8 heteroatoms. The number of phenols is 1. The first kappa shape index (κ1) is 17.2. The summed E-state index contributed by atoms with van der Waals surface area (Å²) < 4.78 is 0. The molecule has 2 aromatic rings. The number of hydrogen-bond acceptors (Lipinski definition) is 5. The minimum atomic E-state index is -0.615. The van der Waals surface area contributed by atoms with E-state index in [0.29, 0.717) is 18.5 Å². The Morgan fingerprint density at radius 1 is 1.28 bits per heavy atom. The maximum atomic E-state index is 12.5. The largest absolute Gasteiger partial charge is 0.508 e. The maximum Gasteiger partial charge on any atom is 0.313 e. The van der Waals surface area contributed by atoms with Crippen LogP contribution in [0, 0.1) is 0 Å². The highest BCUT2D eigenvalue weighted by Crippen LogP contribution is 2.28. The first-order valence-corrected chi connectivity index (χ1v) is 8.88. The van der Waals surface area contributed by atoms with Gasteiger partial charge in [0, 0.05) is 35.9 Å². The Kier molecular flexibility index (Phi) is 5.20. The molecule has 7 nitrogen and oxygen atoms in total. The number of nitrogens with one attached hydrogen (secondary N) is 3. The third-order valence-electron chi connectivity index (χ3n) is 4.27. The lowest BCUT2D eigenvalue weighted by atomic mass is 9.85. The standard InChI is InChI=1S/C17H20N4O3S/c18-17(24)21-15-7-14(20-16(23)11-4-5-25-9-11)13(8-19-15)10-2-1-3-12(22)6-10/h1-6,9,13-15,19,22H,7-8H2,(H,20,23)(H3,18,21,24). The van der Waals surface area contributed by atoms with Gasteiger partial charge in [-0.25, -0.2) is 4.79 Å². The van der Waals surface area contributed by atoms with Crippen molar-refractivity contribution in [3.05, 3.63) is 52.2 Å². The molecule has 1 fully saturated rings. The van der Waals surface area contributed by atoms with Crippen molar-refractivity contribution in [1.82, 2.24) is 16.0 Å². The number of carbonyl (C=O) groups is 2. The molecule has 1 aliphatic heterocycles. The highest BCUT2D eigenvalue weighted by Gasteiger charge is 2.33. The van der Waals surface area contributed by atoms with Gasteiger partial charge in [-0.2, -0.15) is 11.3 Å². The number of piperidine rings is 1. The molecule has 25 heavy (non-hydrogen) atoms. The average Bonchev–Trinajstić information content (AvgIpc) is 3.09. The molecule has 3 atom stereocenters. The van der Waals surface area contributed by atoms with Gasteiger partial charge in [-0.3, -0.25) is 10.1 Å². The number of amides is 3. The van der Waals surface area contributed by atoms with E-state index in [9.17, 15) is 14.7 Å². The number of nitrogens with two attached hydrogens (primary N) is 1. The molecule has 1 aromatic carbocycles. The van der Waals surface area contributed by atoms with Crippen molar-refractivity contribution in [3.8, 4) is 5.75 Å². The molecule has 0 spiro atoms. The molecule has 0 bridgehead atoms. The van der Waals surface area contributed by atoms with Crippen LogP contribution in [0.4, 0.5) is 4.79 Å². The smallest absolute Gasteiger partial charge is 0.313 e. The molecular weight excluding hydrogens is 340 g/mol. The number of benzene rings is 1. The zero-order valence-electron chi connectivity index (χ0n) is 13.4. The van der Waals surface area contributed by atoms with E-state index in [1.54, 1.807) is 29.6 Å². The van der Waals surface area contributed by atoms with Crippen LogP contribution in [0.2, 0.25) is 0 Å². The first-order valence-electron chi connectivity index (χ1n) is 7.94. The molecule has 1 saturated heterocycles. The van der Waals surface area contributed by atoms with Gasteiger partial charge in [-0.05, 0) is 29.1 Å². The van der Waals surface area contributed by atoms with Crippen molar-refractivity contribution in [2.24, 2.45) is 5.73 Å². The number of urea groups is 1. The van der Waals surface area contributed by atoms with E-state index < -0.39 is 6.03 Å². The fraction of sp³-hybridized carbons (Fsp3) is 0.294. The van der Waals surface area contributed by atoms with Gasteiger partial charge >= 0.3 is 6.03 Å². The Balaban J connectivity index is 1.80. The lowest BCUT2D eigenvalue weighted by Gasteiger charge is -2.37. The molecule has 132 valence electrons. The highest BCUT2D eigenvalue weighted by atomic mass is 32.1. The molecule has 1 aliphatic rings. The lowest BCUT2D eigenvalue weighted by molar-refractivity contribution is 0.0915. The van der Waals surface area contributed by atoms with Crippen LogP contribution < -0.4 is 21.7 Å². The van der Waals surface area contributed by atoms with E-state index in [1.165, 1.54) is 11.3 Å². The molecule has 3 rings (SSSR count). The van der Waals surface area contributed by atoms with E-state index in [0.717, 1.165) is 5.56 Å². The van der Waals surface area contributed by atoms with Crippen LogP contribution >= 0.6 is 11.3 Å². The minimum Gasteiger partial charge on any atom is -0.508 e. The predicted octanol–water partition coefficient (Wildman–Crippen LogP) is 1.32. The highest BCUT2D eigenvalue weighted by molar-refractivity contribution is 7.08. The molecular formula is C17H20N4O3S. The Morgan fingerprint density at radius 2 is 2.12 bits per heavy atom. The van der Waals surface area contributed by atoms with E-state index >= 15 is 0 Å². The average molecular weight is 360 g/mol. The molecule has 1 aromatic heterocycles. The summed E-state index contributed by atoms with van der Waals surface area (Å²) in [5.41, 5.74) is 6.73. The van der Waals surface area contributed by atoms with Crippen LogP contribution in [0.3, 0.4) is 0 Å². The van der Waals surface area contributed by atoms with Gasteiger partial charge in [0.05, 0.1) is 6.17 Å². The third-order valence-corrected chi connectivity index (χ3v) is 4.96. The van der Waals surface area contributed by atoms with Crippen LogP contribution in [-0.4, -0.2) is 35.8 Å². The fourth-order valence-corrected chi connectivity index (χ4v) is 3.74. The van der Waals surface area contributed by atoms with Gasteiger partial charge in [-0.15, -0.1) is 0 Å². The number of hydrogen-bond donors (Lipinski definition) is 5. The van der Waals surface area contributed by atoms with Gasteiger partial charge in [0.2, 0.25) is 0 Å². The summed E-state index contributed by atoms with van der Waals surface area (Å²) in [4.78, 5) is 23.6. The Hall–Kier alpha value is -2.58. The molecule has 3 unspecified atom stereocenters. The van der Waals surface area contributed by atoms with Crippen molar-refractivity contribution in [2.45, 2.75) is 24.5 Å². The normalized spacial score (nSPS) is 23.0. The van der Waals surface area contributed by atoms with Crippen LogP contribution in [0.1, 0.15) is 28.3 Å². The summed E-state index contributed by atoms with van der Waals surface area (Å²) in [6, 6.07) is 7.93. The van der Waals surface area contributed by atoms with Crippen LogP contribution in [0.15, 0.2) is 41.1 Å². The van der Waals surface area contributed by atoms with E-state index in [1.807, 2.05) is 11.4 Å². The summed E-state index contributed by atoms with van der Waals surface area (Å²) in [6.45, 7) is 0.531. The summed E-state index contributed by atoms with van der Waals surface area (Å²) in [7, 11) is 0. The van der Waals surface area contributed by atoms with Crippen molar-refractivity contribution in [3.63, 3.8) is 0 Å². The van der Waals surface area contributed by atoms with Crippen molar-refractivity contribution < 1.29 is 14.7 Å². The number of aromatic hydroxyl groups is 1. The summed E-state index contributed by atoms with van der Waals surface area (Å²) in [5.74, 6) is -0.0189. The zero-order chi connectivity index (χ0) is 17.8. The summed E-state index contributed by atoms with van der Waals surface area (Å²) >= 11 is 1.46. The Morgan fingerprint density at radius 3 is 2.80 bits per heavy atom. The fourth-order valence-electron chi connectivity index (χ4n) is 3.11. The molecule has 6 N–H and O–H groups in total. The molecule has 3 amide bonds. The van der Waals surface area contributed by atoms with Gasteiger partial charge in [0.1, 0.15) is 5.75 Å². The quantitative estimate of drug-likeness (QED) is 0.565. The Labute approximate surface area is 149 Å². The van der Waals surface area contributed by atoms with Crippen LogP contribution in [0.25, 0.3) is 0 Å². The van der Waals surface area contributed by atoms with Gasteiger partial charge in [0.25, 0.3) is 5.91 Å². The minimum absolute atomic E-state index is 0.0411. The van der Waals surface area contributed by atoms with Gasteiger partial charge < -0.3 is 21.5 Å². The monoisotopic (exact) mass is 360 g/mol. The second-order valence-electron chi connectivity index (χ2n) is 6.00. The van der Waals surface area contributed by atoms with Crippen molar-refractivity contribution >= 4 is 23.3 Å². The number of primary amides is 1. The number of rotatable bonds is 4. The zero-order valence-corrected chi connectivity index (χ0v) is 14.3. The Bertz CT molecular complexity index is 750. The molecule has 0 saturated carbocycles. The van der Waals surface area contributed by atoms with Crippen molar-refractivity contribution in [1.29, 1.82) is 0 Å². The molecule has 0 radical (unpaired) electrons. The number of thiophene rings is 1. The molecule has 2 heterocycles. The maximum absolute atomic E-state index is 12.5. The third kappa shape index (κ3) is 4.28. The van der Waals surface area contributed by atoms with E-state index in [4.69, 9.17) is 5.73 Å². The number of phenolic OH excluding ortho intramolecular Hbond substituents is 1. The summed E-state index contributed by atoms with van der Waals surface area (Å²) in [5, 5.41) is 22.3. The van der Waals surface area contributed by atoms with E-state index in [2.05, 4.69) is 16.0 Å². The van der Waals surface area contributed by atoms with Gasteiger partial charge in [-0.1, -0.05) is 12.1 Å². The first-order chi connectivity index (χ1) is 12.0. The second-order valence-corrected chi connectivity index (χ2v) is 6.78. The predicted molar refractivity (Wildman–Crippen MR) is 95.5 cm³/mol. The topological polar surface area (TPSA) is 116 Å². The van der Waals surface area contributed by atoms with Crippen molar-refractivity contribution in [2.75, 3.05) is 6.54 Å². The SMILES string of the molecule is NC(=O)NC1CC(NC(=O)c2ccsc2)C(c2cccc(O)c2)CN1. The second kappa shape index (κ2) is 7.54.